The standard InChI is InChI=1S/C13H15NO5/c1-2-6-19-13(18)14-11(12(16)17)8-9-4-3-5-10(15)7-9/h2-5,7,11,15H,1,6,8H2,(H,14,18)(H,16,17)/t11-/m0/s1. The molecule has 1 atom stereocenters. The second-order valence-electron chi connectivity index (χ2n) is 3.80. The van der Waals surface area contributed by atoms with Gasteiger partial charge in [0.05, 0.1) is 0 Å². The van der Waals surface area contributed by atoms with Gasteiger partial charge in [-0.25, -0.2) is 9.59 Å². The van der Waals surface area contributed by atoms with E-state index in [2.05, 4.69) is 16.6 Å². The zero-order chi connectivity index (χ0) is 14.3. The number of ether oxygens (including phenoxy) is 1. The van der Waals surface area contributed by atoms with Crippen molar-refractivity contribution in [3.8, 4) is 5.75 Å². The summed E-state index contributed by atoms with van der Waals surface area (Å²) in [5.41, 5.74) is 0.594. The maximum Gasteiger partial charge on any atom is 0.408 e. The van der Waals surface area contributed by atoms with Crippen molar-refractivity contribution in [3.63, 3.8) is 0 Å². The van der Waals surface area contributed by atoms with Crippen molar-refractivity contribution in [1.29, 1.82) is 0 Å². The summed E-state index contributed by atoms with van der Waals surface area (Å²) in [5, 5.41) is 20.5. The van der Waals surface area contributed by atoms with E-state index in [9.17, 15) is 14.7 Å². The summed E-state index contributed by atoms with van der Waals surface area (Å²) >= 11 is 0. The normalized spacial score (nSPS) is 11.4. The van der Waals surface area contributed by atoms with Gasteiger partial charge in [-0.2, -0.15) is 0 Å². The third-order valence-corrected chi connectivity index (χ3v) is 2.27. The lowest BCUT2D eigenvalue weighted by molar-refractivity contribution is -0.139. The molecule has 1 aromatic carbocycles. The SMILES string of the molecule is C=CCOC(=O)N[C@@H](Cc1cccc(O)c1)C(=O)O. The molecule has 0 aliphatic carbocycles. The van der Waals surface area contributed by atoms with Crippen LogP contribution in [0.2, 0.25) is 0 Å². The Balaban J connectivity index is 2.65. The van der Waals surface area contributed by atoms with E-state index < -0.39 is 18.1 Å². The third-order valence-electron chi connectivity index (χ3n) is 2.27. The second-order valence-corrected chi connectivity index (χ2v) is 3.80. The van der Waals surface area contributed by atoms with Crippen LogP contribution in [0.4, 0.5) is 4.79 Å². The summed E-state index contributed by atoms with van der Waals surface area (Å²) in [4.78, 5) is 22.3. The van der Waals surface area contributed by atoms with Crippen LogP contribution >= 0.6 is 0 Å². The van der Waals surface area contributed by atoms with Gasteiger partial charge in [-0.15, -0.1) is 0 Å². The number of amides is 1. The Morgan fingerprint density at radius 1 is 1.47 bits per heavy atom. The molecular weight excluding hydrogens is 250 g/mol. The van der Waals surface area contributed by atoms with E-state index in [1.807, 2.05) is 0 Å². The molecule has 0 unspecified atom stereocenters. The number of phenolic OH excluding ortho intramolecular Hbond substituents is 1. The van der Waals surface area contributed by atoms with Crippen molar-refractivity contribution >= 4 is 12.1 Å². The molecule has 0 aliphatic rings. The van der Waals surface area contributed by atoms with Crippen LogP contribution in [-0.2, 0) is 16.0 Å². The Bertz CT molecular complexity index is 472. The Labute approximate surface area is 110 Å². The van der Waals surface area contributed by atoms with Gasteiger partial charge >= 0.3 is 12.1 Å². The molecule has 19 heavy (non-hydrogen) atoms. The number of aromatic hydroxyl groups is 1. The fourth-order valence-corrected chi connectivity index (χ4v) is 1.44. The minimum absolute atomic E-state index is 0.00426. The predicted octanol–water partition coefficient (Wildman–Crippen LogP) is 1.30. The van der Waals surface area contributed by atoms with Crippen LogP contribution in [0, 0.1) is 0 Å². The van der Waals surface area contributed by atoms with E-state index in [-0.39, 0.29) is 18.8 Å². The highest BCUT2D eigenvalue weighted by atomic mass is 16.5. The van der Waals surface area contributed by atoms with Gasteiger partial charge in [-0.1, -0.05) is 24.8 Å². The van der Waals surface area contributed by atoms with Gasteiger partial charge in [-0.3, -0.25) is 0 Å². The molecule has 0 heterocycles. The Kier molecular flexibility index (Phi) is 5.40. The summed E-state index contributed by atoms with van der Waals surface area (Å²) in [7, 11) is 0. The van der Waals surface area contributed by atoms with E-state index in [0.717, 1.165) is 0 Å². The number of carboxylic acids is 1. The van der Waals surface area contributed by atoms with Gasteiger partial charge < -0.3 is 20.3 Å². The molecule has 6 heteroatoms. The molecule has 0 aromatic heterocycles. The first-order valence-corrected chi connectivity index (χ1v) is 5.58. The zero-order valence-corrected chi connectivity index (χ0v) is 10.2. The van der Waals surface area contributed by atoms with E-state index in [1.165, 1.54) is 18.2 Å². The fourth-order valence-electron chi connectivity index (χ4n) is 1.44. The highest BCUT2D eigenvalue weighted by Gasteiger charge is 2.21. The number of carbonyl (C=O) groups excluding carboxylic acids is 1. The van der Waals surface area contributed by atoms with Crippen molar-refractivity contribution < 1.29 is 24.5 Å². The van der Waals surface area contributed by atoms with Crippen LogP contribution in [0.15, 0.2) is 36.9 Å². The maximum atomic E-state index is 11.3. The van der Waals surface area contributed by atoms with E-state index in [4.69, 9.17) is 5.11 Å². The first-order valence-electron chi connectivity index (χ1n) is 5.58. The average molecular weight is 265 g/mol. The Morgan fingerprint density at radius 2 is 2.21 bits per heavy atom. The van der Waals surface area contributed by atoms with Crippen molar-refractivity contribution in [2.75, 3.05) is 6.61 Å². The lowest BCUT2D eigenvalue weighted by atomic mass is 10.1. The summed E-state index contributed by atoms with van der Waals surface area (Å²) < 4.78 is 4.65. The van der Waals surface area contributed by atoms with Crippen molar-refractivity contribution in [3.05, 3.63) is 42.5 Å². The van der Waals surface area contributed by atoms with Crippen molar-refractivity contribution in [1.82, 2.24) is 5.32 Å². The molecular formula is C13H15NO5. The number of hydrogen-bond donors (Lipinski definition) is 3. The number of aliphatic carboxylic acids is 1. The number of carbonyl (C=O) groups is 2. The first kappa shape index (κ1) is 14.6. The van der Waals surface area contributed by atoms with Crippen LogP contribution in [0.5, 0.6) is 5.75 Å². The predicted molar refractivity (Wildman–Crippen MR) is 67.9 cm³/mol. The van der Waals surface area contributed by atoms with Crippen LogP contribution in [0.1, 0.15) is 5.56 Å². The summed E-state index contributed by atoms with van der Waals surface area (Å²) in [6, 6.07) is 5.04. The molecule has 1 rings (SSSR count). The number of benzene rings is 1. The second kappa shape index (κ2) is 7.05. The molecule has 1 amide bonds. The molecule has 0 saturated carbocycles. The van der Waals surface area contributed by atoms with Crippen LogP contribution < -0.4 is 5.32 Å². The molecule has 1 aromatic rings. The van der Waals surface area contributed by atoms with Crippen LogP contribution in [0.3, 0.4) is 0 Å². The highest BCUT2D eigenvalue weighted by molar-refractivity contribution is 5.80. The van der Waals surface area contributed by atoms with E-state index in [1.54, 1.807) is 12.1 Å². The molecule has 0 bridgehead atoms. The minimum Gasteiger partial charge on any atom is -0.508 e. The summed E-state index contributed by atoms with van der Waals surface area (Å²) in [6.45, 7) is 3.38. The minimum atomic E-state index is -1.18. The number of hydrogen-bond acceptors (Lipinski definition) is 4. The maximum absolute atomic E-state index is 11.3. The Morgan fingerprint density at radius 3 is 2.79 bits per heavy atom. The first-order chi connectivity index (χ1) is 9.02. The molecule has 0 spiro atoms. The van der Waals surface area contributed by atoms with Crippen molar-refractivity contribution in [2.24, 2.45) is 0 Å². The monoisotopic (exact) mass is 265 g/mol. The quantitative estimate of drug-likeness (QED) is 0.674. The smallest absolute Gasteiger partial charge is 0.408 e. The third kappa shape index (κ3) is 5.12. The largest absolute Gasteiger partial charge is 0.508 e. The van der Waals surface area contributed by atoms with Gasteiger partial charge in [0.25, 0.3) is 0 Å². The van der Waals surface area contributed by atoms with Crippen LogP contribution in [-0.4, -0.2) is 34.9 Å². The molecule has 0 fully saturated rings. The molecule has 0 aliphatic heterocycles. The van der Waals surface area contributed by atoms with E-state index >= 15 is 0 Å². The van der Waals surface area contributed by atoms with Gasteiger partial charge in [0.2, 0.25) is 0 Å². The highest BCUT2D eigenvalue weighted by Crippen LogP contribution is 2.12. The Hall–Kier alpha value is -2.50. The number of alkyl carbamates (subject to hydrolysis) is 1. The van der Waals surface area contributed by atoms with Crippen LogP contribution in [0.25, 0.3) is 0 Å². The molecule has 6 nitrogen and oxygen atoms in total. The number of carboxylic acid groups (broad SMARTS) is 1. The van der Waals surface area contributed by atoms with Crippen molar-refractivity contribution in [2.45, 2.75) is 12.5 Å². The van der Waals surface area contributed by atoms with E-state index in [0.29, 0.717) is 5.56 Å². The number of nitrogens with one attached hydrogen (secondary N) is 1. The lowest BCUT2D eigenvalue weighted by Crippen LogP contribution is -2.42. The number of rotatable bonds is 6. The zero-order valence-electron chi connectivity index (χ0n) is 10.2. The molecule has 102 valence electrons. The van der Waals surface area contributed by atoms with Gasteiger partial charge in [0.15, 0.2) is 0 Å². The van der Waals surface area contributed by atoms with Gasteiger partial charge in [0, 0.05) is 6.42 Å². The lowest BCUT2D eigenvalue weighted by Gasteiger charge is -2.14. The molecule has 0 radical (unpaired) electrons. The molecule has 3 N–H and O–H groups in total. The average Bonchev–Trinajstić information content (AvgIpc) is 2.35. The van der Waals surface area contributed by atoms with Gasteiger partial charge in [-0.05, 0) is 17.7 Å². The summed E-state index contributed by atoms with van der Waals surface area (Å²) in [6.07, 6.45) is 0.602. The summed E-state index contributed by atoms with van der Waals surface area (Å²) in [5.74, 6) is -1.14. The fraction of sp³-hybridized carbons (Fsp3) is 0.231. The van der Waals surface area contributed by atoms with Gasteiger partial charge in [0.1, 0.15) is 18.4 Å². The topological polar surface area (TPSA) is 95.9 Å². The molecule has 0 saturated heterocycles. The number of phenols is 1.